The Bertz CT molecular complexity index is 1000. The van der Waals surface area contributed by atoms with E-state index in [0.717, 1.165) is 37.4 Å². The van der Waals surface area contributed by atoms with Gasteiger partial charge in [-0.1, -0.05) is 35.9 Å². The summed E-state index contributed by atoms with van der Waals surface area (Å²) in [5.74, 6) is 2.48. The number of aryl methyl sites for hydroxylation is 2. The van der Waals surface area contributed by atoms with E-state index >= 15 is 0 Å². The summed E-state index contributed by atoms with van der Waals surface area (Å²) in [6.45, 7) is 7.80. The molecule has 0 aliphatic carbocycles. The molecule has 3 heterocycles. The van der Waals surface area contributed by atoms with E-state index in [1.807, 2.05) is 31.2 Å². The number of anilines is 3. The average Bonchev–Trinajstić information content (AvgIpc) is 3.11. The molecular weight excluding hydrogens is 364 g/mol. The van der Waals surface area contributed by atoms with E-state index in [2.05, 4.69) is 67.5 Å². The number of piperazine rings is 1. The monoisotopic (exact) mass is 390 g/mol. The van der Waals surface area contributed by atoms with Crippen LogP contribution in [0.1, 0.15) is 22.6 Å². The van der Waals surface area contributed by atoms with E-state index in [9.17, 15) is 0 Å². The number of H-pyrrole nitrogens is 1. The van der Waals surface area contributed by atoms with Gasteiger partial charge in [0.2, 0.25) is 11.9 Å². The van der Waals surface area contributed by atoms with Gasteiger partial charge in [0, 0.05) is 37.9 Å². The van der Waals surface area contributed by atoms with E-state index in [-0.39, 0.29) is 0 Å². The lowest BCUT2D eigenvalue weighted by atomic mass is 10.1. The number of rotatable bonds is 5. The number of hydrogen-bond acceptors (Lipinski definition) is 7. The van der Waals surface area contributed by atoms with Gasteiger partial charge in [0.25, 0.3) is 0 Å². The van der Waals surface area contributed by atoms with E-state index in [1.54, 1.807) is 0 Å². The third kappa shape index (κ3) is 4.97. The molecule has 0 amide bonds. The zero-order valence-electron chi connectivity index (χ0n) is 17.1. The molecule has 0 bridgehead atoms. The quantitative estimate of drug-likeness (QED) is 0.693. The van der Waals surface area contributed by atoms with Gasteiger partial charge in [-0.15, -0.1) is 0 Å². The smallest absolute Gasteiger partial charge is 0.233 e. The van der Waals surface area contributed by atoms with Crippen LogP contribution in [0.2, 0.25) is 0 Å². The minimum absolute atomic E-state index is 0.490. The number of likely N-dealkylation sites (N-methyl/N-ethyl adjacent to an activating group) is 1. The minimum atomic E-state index is 0.490. The van der Waals surface area contributed by atoms with Crippen molar-refractivity contribution in [1.29, 1.82) is 0 Å². The average molecular weight is 390 g/mol. The molecule has 29 heavy (non-hydrogen) atoms. The highest BCUT2D eigenvalue weighted by atomic mass is 15.3. The first-order valence-electron chi connectivity index (χ1n) is 9.78. The second kappa shape index (κ2) is 8.40. The van der Waals surface area contributed by atoms with Crippen molar-refractivity contribution in [3.8, 4) is 0 Å². The van der Waals surface area contributed by atoms with Crippen LogP contribution in [0.5, 0.6) is 0 Å². The van der Waals surface area contributed by atoms with Crippen LogP contribution in [0.15, 0.2) is 30.3 Å². The zero-order chi connectivity index (χ0) is 20.2. The molecule has 1 aliphatic heterocycles. The summed E-state index contributed by atoms with van der Waals surface area (Å²) in [4.78, 5) is 18.4. The van der Waals surface area contributed by atoms with Crippen molar-refractivity contribution in [3.05, 3.63) is 53.0 Å². The lowest BCUT2D eigenvalue weighted by molar-refractivity contribution is 0.311. The predicted molar refractivity (Wildman–Crippen MR) is 116 cm³/mol. The van der Waals surface area contributed by atoms with Gasteiger partial charge in [-0.05, 0) is 32.5 Å². The van der Waals surface area contributed by atoms with Crippen LogP contribution < -0.4 is 10.2 Å². The predicted octanol–water partition coefficient (Wildman–Crippen LogP) is 2.88. The zero-order valence-corrected chi connectivity index (χ0v) is 17.1. The summed E-state index contributed by atoms with van der Waals surface area (Å²) in [7, 11) is 2.13. The molecule has 4 rings (SSSR count). The van der Waals surface area contributed by atoms with Gasteiger partial charge >= 0.3 is 0 Å². The maximum Gasteiger partial charge on any atom is 0.233 e. The number of hydrogen-bond donors (Lipinski definition) is 2. The van der Waals surface area contributed by atoms with Crippen LogP contribution >= 0.6 is 0 Å². The largest absolute Gasteiger partial charge is 0.338 e. The molecule has 1 aromatic carbocycles. The van der Waals surface area contributed by atoms with Gasteiger partial charge < -0.3 is 15.1 Å². The molecule has 2 aromatic heterocycles. The molecule has 3 aromatic rings. The minimum Gasteiger partial charge on any atom is -0.338 e. The fraction of sp³-hybridized carbons (Fsp3) is 0.333. The van der Waals surface area contributed by atoms with Gasteiger partial charge in [-0.25, -0.2) is 0 Å². The SMILES string of the molecule is Cc1cccc(/C=C/c2nc(Nc3cc(C)[nH]n3)nc(N3CCN(C)CC3)n2)c1. The van der Waals surface area contributed by atoms with E-state index in [1.165, 1.54) is 5.56 Å². The van der Waals surface area contributed by atoms with Crippen LogP contribution in [0.4, 0.5) is 17.7 Å². The molecule has 1 saturated heterocycles. The number of aromatic nitrogens is 5. The van der Waals surface area contributed by atoms with Gasteiger partial charge in [0.1, 0.15) is 0 Å². The Balaban J connectivity index is 1.63. The normalized spacial score (nSPS) is 15.2. The van der Waals surface area contributed by atoms with Crippen LogP contribution in [-0.4, -0.2) is 63.3 Å². The molecular formula is C21H26N8. The van der Waals surface area contributed by atoms with Gasteiger partial charge in [-0.3, -0.25) is 5.10 Å². The third-order valence-corrected chi connectivity index (χ3v) is 4.84. The van der Waals surface area contributed by atoms with Crippen molar-refractivity contribution < 1.29 is 0 Å². The number of benzene rings is 1. The van der Waals surface area contributed by atoms with Crippen LogP contribution in [0.25, 0.3) is 12.2 Å². The lowest BCUT2D eigenvalue weighted by Gasteiger charge is -2.32. The standard InChI is InChI=1S/C21H26N8/c1-15-5-4-6-17(13-15)7-8-18-22-20(23-19-14-16(2)26-27-19)25-21(24-18)29-11-9-28(3)10-12-29/h4-8,13-14H,9-12H2,1-3H3,(H2,22,23,24,25,26,27)/b8-7+. The highest BCUT2D eigenvalue weighted by molar-refractivity contribution is 5.68. The summed E-state index contributed by atoms with van der Waals surface area (Å²) in [6, 6.07) is 10.2. The molecule has 1 aliphatic rings. The first-order valence-corrected chi connectivity index (χ1v) is 9.78. The summed E-state index contributed by atoms with van der Waals surface area (Å²) >= 11 is 0. The Labute approximate surface area is 170 Å². The Morgan fingerprint density at radius 2 is 1.83 bits per heavy atom. The number of nitrogens with one attached hydrogen (secondary N) is 2. The fourth-order valence-electron chi connectivity index (χ4n) is 3.20. The van der Waals surface area contributed by atoms with Gasteiger partial charge in [0.15, 0.2) is 11.6 Å². The summed E-state index contributed by atoms with van der Waals surface area (Å²) in [6.07, 6.45) is 3.95. The van der Waals surface area contributed by atoms with Crippen LogP contribution in [0.3, 0.4) is 0 Å². The highest BCUT2D eigenvalue weighted by Crippen LogP contribution is 2.18. The summed E-state index contributed by atoms with van der Waals surface area (Å²) in [5, 5.41) is 10.3. The Hall–Kier alpha value is -3.26. The van der Waals surface area contributed by atoms with Crippen molar-refractivity contribution in [2.75, 3.05) is 43.4 Å². The molecule has 150 valence electrons. The summed E-state index contributed by atoms with van der Waals surface area (Å²) < 4.78 is 0. The van der Waals surface area contributed by atoms with E-state index in [0.29, 0.717) is 23.5 Å². The van der Waals surface area contributed by atoms with Gasteiger partial charge in [-0.2, -0.15) is 20.1 Å². The second-order valence-corrected chi connectivity index (χ2v) is 7.42. The van der Waals surface area contributed by atoms with E-state index < -0.39 is 0 Å². The Morgan fingerprint density at radius 1 is 1.00 bits per heavy atom. The Kier molecular flexibility index (Phi) is 5.53. The third-order valence-electron chi connectivity index (χ3n) is 4.84. The molecule has 8 heteroatoms. The number of nitrogens with zero attached hydrogens (tertiary/aromatic N) is 6. The second-order valence-electron chi connectivity index (χ2n) is 7.42. The molecule has 0 spiro atoms. The van der Waals surface area contributed by atoms with Gasteiger partial charge in [0.05, 0.1) is 0 Å². The topological polar surface area (TPSA) is 85.9 Å². The van der Waals surface area contributed by atoms with Crippen molar-refractivity contribution in [2.45, 2.75) is 13.8 Å². The maximum atomic E-state index is 4.70. The van der Waals surface area contributed by atoms with E-state index in [4.69, 9.17) is 4.98 Å². The number of aromatic amines is 1. The van der Waals surface area contributed by atoms with Crippen molar-refractivity contribution in [3.63, 3.8) is 0 Å². The molecule has 0 radical (unpaired) electrons. The first-order chi connectivity index (χ1) is 14.0. The Morgan fingerprint density at radius 3 is 2.55 bits per heavy atom. The highest BCUT2D eigenvalue weighted by Gasteiger charge is 2.18. The summed E-state index contributed by atoms with van der Waals surface area (Å²) in [5.41, 5.74) is 3.31. The lowest BCUT2D eigenvalue weighted by Crippen LogP contribution is -2.45. The van der Waals surface area contributed by atoms with Crippen LogP contribution in [-0.2, 0) is 0 Å². The molecule has 0 unspecified atom stereocenters. The first kappa shape index (κ1) is 19.1. The van der Waals surface area contributed by atoms with Crippen LogP contribution in [0, 0.1) is 13.8 Å². The van der Waals surface area contributed by atoms with Crippen molar-refractivity contribution >= 4 is 29.9 Å². The molecule has 8 nitrogen and oxygen atoms in total. The van der Waals surface area contributed by atoms with Crippen molar-refractivity contribution in [2.24, 2.45) is 0 Å². The molecule has 0 saturated carbocycles. The fourth-order valence-corrected chi connectivity index (χ4v) is 3.20. The maximum absolute atomic E-state index is 4.70. The molecule has 1 fully saturated rings. The van der Waals surface area contributed by atoms with Crippen molar-refractivity contribution in [1.82, 2.24) is 30.0 Å². The molecule has 2 N–H and O–H groups in total. The molecule has 0 atom stereocenters.